The van der Waals surface area contributed by atoms with E-state index in [1.165, 1.54) is 44.9 Å². The lowest BCUT2D eigenvalue weighted by Crippen LogP contribution is -2.48. The minimum atomic E-state index is 0.559. The Morgan fingerprint density at radius 1 is 1.21 bits per heavy atom. The Morgan fingerprint density at radius 3 is 2.71 bits per heavy atom. The number of hydrogen-bond acceptors (Lipinski definition) is 1. The van der Waals surface area contributed by atoms with Crippen molar-refractivity contribution in [2.45, 2.75) is 57.9 Å². The molecule has 80 valence electrons. The van der Waals surface area contributed by atoms with Crippen molar-refractivity contribution in [3.05, 3.63) is 0 Å². The van der Waals surface area contributed by atoms with E-state index < -0.39 is 0 Å². The van der Waals surface area contributed by atoms with Gasteiger partial charge in [0, 0.05) is 6.04 Å². The second kappa shape index (κ2) is 2.98. The van der Waals surface area contributed by atoms with E-state index >= 15 is 0 Å². The molecule has 0 aromatic heterocycles. The highest BCUT2D eigenvalue weighted by molar-refractivity contribution is 5.09. The van der Waals surface area contributed by atoms with Crippen LogP contribution in [-0.4, -0.2) is 6.04 Å². The van der Waals surface area contributed by atoms with Crippen molar-refractivity contribution >= 4 is 0 Å². The van der Waals surface area contributed by atoms with Crippen LogP contribution in [-0.2, 0) is 0 Å². The molecule has 0 radical (unpaired) electrons. The number of hydrogen-bond donors (Lipinski definition) is 1. The maximum absolute atomic E-state index is 6.49. The van der Waals surface area contributed by atoms with Gasteiger partial charge in [-0.1, -0.05) is 19.8 Å². The van der Waals surface area contributed by atoms with Gasteiger partial charge in [0.2, 0.25) is 0 Å². The fourth-order valence-corrected chi connectivity index (χ4v) is 4.91. The minimum absolute atomic E-state index is 0.559. The van der Waals surface area contributed by atoms with Crippen molar-refractivity contribution in [1.29, 1.82) is 0 Å². The molecule has 0 aromatic carbocycles. The van der Waals surface area contributed by atoms with Gasteiger partial charge in [0.15, 0.2) is 0 Å². The predicted molar refractivity (Wildman–Crippen MR) is 58.9 cm³/mol. The molecular formula is C13H23N. The molecular weight excluding hydrogens is 170 g/mol. The van der Waals surface area contributed by atoms with Gasteiger partial charge < -0.3 is 5.73 Å². The normalized spacial score (nSPS) is 57.0. The van der Waals surface area contributed by atoms with E-state index in [1.807, 2.05) is 0 Å². The lowest BCUT2D eigenvalue weighted by Gasteiger charge is -2.47. The summed E-state index contributed by atoms with van der Waals surface area (Å²) in [7, 11) is 0. The molecule has 3 saturated carbocycles. The quantitative estimate of drug-likeness (QED) is 0.629. The van der Waals surface area contributed by atoms with Gasteiger partial charge in [-0.15, -0.1) is 0 Å². The third kappa shape index (κ3) is 1.05. The monoisotopic (exact) mass is 193 g/mol. The highest BCUT2D eigenvalue weighted by Crippen LogP contribution is 2.61. The van der Waals surface area contributed by atoms with Crippen LogP contribution >= 0.6 is 0 Å². The van der Waals surface area contributed by atoms with Gasteiger partial charge in [-0.2, -0.15) is 0 Å². The molecule has 1 spiro atoms. The molecule has 3 fully saturated rings. The van der Waals surface area contributed by atoms with Gasteiger partial charge in [-0.05, 0) is 55.3 Å². The van der Waals surface area contributed by atoms with Gasteiger partial charge in [-0.3, -0.25) is 0 Å². The molecule has 0 amide bonds. The zero-order valence-electron chi connectivity index (χ0n) is 9.34. The Morgan fingerprint density at radius 2 is 2.07 bits per heavy atom. The molecule has 3 rings (SSSR count). The van der Waals surface area contributed by atoms with Crippen LogP contribution in [0.3, 0.4) is 0 Å². The number of nitrogens with two attached hydrogens (primary N) is 1. The maximum Gasteiger partial charge on any atom is 0.0127 e. The van der Waals surface area contributed by atoms with Gasteiger partial charge in [0.25, 0.3) is 0 Å². The minimum Gasteiger partial charge on any atom is -0.327 e. The van der Waals surface area contributed by atoms with Crippen LogP contribution in [0.5, 0.6) is 0 Å². The summed E-state index contributed by atoms with van der Waals surface area (Å²) in [5.74, 6) is 2.84. The smallest absolute Gasteiger partial charge is 0.0127 e. The Labute approximate surface area is 87.4 Å². The molecule has 1 heteroatoms. The van der Waals surface area contributed by atoms with E-state index in [0.29, 0.717) is 11.5 Å². The second-order valence-corrected chi connectivity index (χ2v) is 6.23. The molecule has 0 aliphatic heterocycles. The van der Waals surface area contributed by atoms with Crippen LogP contribution in [0.1, 0.15) is 51.9 Å². The first-order valence-corrected chi connectivity index (χ1v) is 6.48. The van der Waals surface area contributed by atoms with E-state index in [-0.39, 0.29) is 0 Å². The standard InChI is InChI=1S/C13H23N/c1-9-3-2-6-13(8-9)11-5-4-10(7-11)12(13)14/h9-12H,2-8,14H2,1H3/t9?,10?,11-,12+,13?/m0/s1. The van der Waals surface area contributed by atoms with Crippen LogP contribution < -0.4 is 5.73 Å². The zero-order valence-corrected chi connectivity index (χ0v) is 9.34. The predicted octanol–water partition coefficient (Wildman–Crippen LogP) is 2.94. The molecule has 14 heavy (non-hydrogen) atoms. The molecule has 5 atom stereocenters. The van der Waals surface area contributed by atoms with Crippen molar-refractivity contribution in [2.75, 3.05) is 0 Å². The SMILES string of the molecule is CC1CCCC2(C1)[C@H]1CCC(C1)[C@H]2N. The van der Waals surface area contributed by atoms with Crippen LogP contribution in [0.25, 0.3) is 0 Å². The van der Waals surface area contributed by atoms with Gasteiger partial charge in [0.1, 0.15) is 0 Å². The summed E-state index contributed by atoms with van der Waals surface area (Å²) in [5, 5.41) is 0. The Balaban J connectivity index is 1.87. The van der Waals surface area contributed by atoms with Crippen LogP contribution in [0.2, 0.25) is 0 Å². The van der Waals surface area contributed by atoms with Gasteiger partial charge in [0.05, 0.1) is 0 Å². The first-order valence-electron chi connectivity index (χ1n) is 6.48. The van der Waals surface area contributed by atoms with Gasteiger partial charge >= 0.3 is 0 Å². The van der Waals surface area contributed by atoms with Gasteiger partial charge in [-0.25, -0.2) is 0 Å². The molecule has 3 aliphatic rings. The summed E-state index contributed by atoms with van der Waals surface area (Å²) in [6.07, 6.45) is 10.2. The second-order valence-electron chi connectivity index (χ2n) is 6.23. The highest BCUT2D eigenvalue weighted by Gasteiger charge is 2.56. The number of rotatable bonds is 0. The fraction of sp³-hybridized carbons (Fsp3) is 1.00. The summed E-state index contributed by atoms with van der Waals surface area (Å²) in [6.45, 7) is 2.43. The van der Waals surface area contributed by atoms with Crippen LogP contribution in [0.4, 0.5) is 0 Å². The highest BCUT2D eigenvalue weighted by atomic mass is 14.8. The molecule has 3 aliphatic carbocycles. The summed E-state index contributed by atoms with van der Waals surface area (Å²) in [4.78, 5) is 0. The lowest BCUT2D eigenvalue weighted by molar-refractivity contribution is 0.0531. The van der Waals surface area contributed by atoms with Crippen molar-refractivity contribution in [1.82, 2.24) is 0 Å². The largest absolute Gasteiger partial charge is 0.327 e. The third-order valence-corrected chi connectivity index (χ3v) is 5.53. The Kier molecular flexibility index (Phi) is 1.96. The van der Waals surface area contributed by atoms with E-state index in [1.54, 1.807) is 0 Å². The number of fused-ring (bicyclic) bond motifs is 3. The first kappa shape index (κ1) is 9.21. The molecule has 0 aromatic rings. The maximum atomic E-state index is 6.49. The first-order chi connectivity index (χ1) is 6.72. The van der Waals surface area contributed by atoms with Crippen LogP contribution in [0.15, 0.2) is 0 Å². The lowest BCUT2D eigenvalue weighted by atomic mass is 9.60. The molecule has 2 bridgehead atoms. The molecule has 3 unspecified atom stereocenters. The van der Waals surface area contributed by atoms with Crippen LogP contribution in [0, 0.1) is 23.2 Å². The molecule has 0 heterocycles. The van der Waals surface area contributed by atoms with Crippen molar-refractivity contribution in [3.63, 3.8) is 0 Å². The van der Waals surface area contributed by atoms with E-state index in [2.05, 4.69) is 6.92 Å². The third-order valence-electron chi connectivity index (χ3n) is 5.53. The van der Waals surface area contributed by atoms with Crippen molar-refractivity contribution in [3.8, 4) is 0 Å². The zero-order chi connectivity index (χ0) is 9.76. The van der Waals surface area contributed by atoms with E-state index in [9.17, 15) is 0 Å². The van der Waals surface area contributed by atoms with Crippen molar-refractivity contribution < 1.29 is 0 Å². The summed E-state index contributed by atoms with van der Waals surface area (Å²) in [5.41, 5.74) is 7.09. The van der Waals surface area contributed by atoms with E-state index in [0.717, 1.165) is 17.8 Å². The molecule has 0 saturated heterocycles. The Bertz CT molecular complexity index is 233. The summed E-state index contributed by atoms with van der Waals surface area (Å²) < 4.78 is 0. The topological polar surface area (TPSA) is 26.0 Å². The fourth-order valence-electron chi connectivity index (χ4n) is 4.91. The molecule has 2 N–H and O–H groups in total. The molecule has 1 nitrogen and oxygen atoms in total. The average molecular weight is 193 g/mol. The van der Waals surface area contributed by atoms with Crippen molar-refractivity contribution in [2.24, 2.45) is 28.9 Å². The summed E-state index contributed by atoms with van der Waals surface area (Å²) in [6, 6.07) is 0.559. The summed E-state index contributed by atoms with van der Waals surface area (Å²) >= 11 is 0. The average Bonchev–Trinajstić information content (AvgIpc) is 2.71. The Hall–Kier alpha value is -0.0400. The van der Waals surface area contributed by atoms with E-state index in [4.69, 9.17) is 5.73 Å².